The van der Waals surface area contributed by atoms with E-state index in [-0.39, 0.29) is 6.01 Å². The molecule has 0 saturated heterocycles. The van der Waals surface area contributed by atoms with E-state index in [1.165, 1.54) is 7.11 Å². The van der Waals surface area contributed by atoms with Gasteiger partial charge in [-0.15, -0.1) is 0 Å². The number of hydrogen-bond donors (Lipinski definition) is 1. The molecule has 2 aromatic rings. The van der Waals surface area contributed by atoms with Crippen molar-refractivity contribution < 1.29 is 4.74 Å². The molecule has 7 heteroatoms. The van der Waals surface area contributed by atoms with Gasteiger partial charge in [0.2, 0.25) is 5.95 Å². The van der Waals surface area contributed by atoms with Gasteiger partial charge >= 0.3 is 6.01 Å². The van der Waals surface area contributed by atoms with Gasteiger partial charge in [-0.1, -0.05) is 0 Å². The summed E-state index contributed by atoms with van der Waals surface area (Å²) in [5, 5.41) is 7.28. The minimum absolute atomic E-state index is 0.259. The van der Waals surface area contributed by atoms with Gasteiger partial charge in [-0.2, -0.15) is 20.1 Å². The highest BCUT2D eigenvalue weighted by molar-refractivity contribution is 5.33. The van der Waals surface area contributed by atoms with Crippen LogP contribution in [-0.4, -0.2) is 38.9 Å². The minimum atomic E-state index is 0.259. The standard InChI is InChI=1S/C11H16N6O/c1-6-7(2)16-17(8(6)3)10-13-9(12-4)14-11(15-10)18-5/h1-5H3,(H,12,13,14,15). The molecule has 0 aliphatic heterocycles. The van der Waals surface area contributed by atoms with Crippen LogP contribution in [0.2, 0.25) is 0 Å². The van der Waals surface area contributed by atoms with Crippen LogP contribution in [0, 0.1) is 20.8 Å². The van der Waals surface area contributed by atoms with Crippen molar-refractivity contribution in [3.8, 4) is 12.0 Å². The van der Waals surface area contributed by atoms with Crippen molar-refractivity contribution in [3.63, 3.8) is 0 Å². The van der Waals surface area contributed by atoms with Crippen LogP contribution in [0.1, 0.15) is 17.0 Å². The Morgan fingerprint density at radius 1 is 1.11 bits per heavy atom. The summed E-state index contributed by atoms with van der Waals surface area (Å²) < 4.78 is 6.74. The highest BCUT2D eigenvalue weighted by Crippen LogP contribution is 2.16. The van der Waals surface area contributed by atoms with E-state index in [1.54, 1.807) is 11.7 Å². The molecule has 2 rings (SSSR count). The Kier molecular flexibility index (Phi) is 3.14. The van der Waals surface area contributed by atoms with Crippen LogP contribution in [0.15, 0.2) is 0 Å². The molecule has 0 unspecified atom stereocenters. The fraction of sp³-hybridized carbons (Fsp3) is 0.455. The normalized spacial score (nSPS) is 10.5. The monoisotopic (exact) mass is 248 g/mol. The molecule has 2 aromatic heterocycles. The Hall–Kier alpha value is -2.18. The number of methoxy groups -OCH3 is 1. The molecule has 96 valence electrons. The van der Waals surface area contributed by atoms with Gasteiger partial charge in [-0.3, -0.25) is 0 Å². The second-order valence-electron chi connectivity index (χ2n) is 3.90. The fourth-order valence-corrected chi connectivity index (χ4v) is 1.56. The van der Waals surface area contributed by atoms with E-state index in [0.29, 0.717) is 11.9 Å². The molecule has 2 heterocycles. The summed E-state index contributed by atoms with van der Waals surface area (Å²) >= 11 is 0. The van der Waals surface area contributed by atoms with Gasteiger partial charge in [-0.05, 0) is 26.3 Å². The predicted octanol–water partition coefficient (Wildman–Crippen LogP) is 1.03. The second-order valence-corrected chi connectivity index (χ2v) is 3.90. The Morgan fingerprint density at radius 2 is 1.83 bits per heavy atom. The van der Waals surface area contributed by atoms with Crippen LogP contribution in [-0.2, 0) is 0 Å². The van der Waals surface area contributed by atoms with Gasteiger partial charge in [0.25, 0.3) is 5.95 Å². The molecule has 0 aliphatic rings. The number of aromatic nitrogens is 5. The molecule has 0 atom stereocenters. The number of hydrogen-bond acceptors (Lipinski definition) is 6. The van der Waals surface area contributed by atoms with Gasteiger partial charge in [-0.25, -0.2) is 4.68 Å². The molecule has 1 N–H and O–H groups in total. The van der Waals surface area contributed by atoms with E-state index < -0.39 is 0 Å². The third kappa shape index (κ3) is 1.99. The quantitative estimate of drug-likeness (QED) is 0.874. The van der Waals surface area contributed by atoms with Gasteiger partial charge in [0.15, 0.2) is 0 Å². The maximum absolute atomic E-state index is 5.05. The molecular formula is C11H16N6O. The van der Waals surface area contributed by atoms with Crippen molar-refractivity contribution in [1.82, 2.24) is 24.7 Å². The lowest BCUT2D eigenvalue weighted by Gasteiger charge is -2.06. The molecule has 0 aromatic carbocycles. The lowest BCUT2D eigenvalue weighted by molar-refractivity contribution is 0.377. The largest absolute Gasteiger partial charge is 0.467 e. The third-order valence-corrected chi connectivity index (χ3v) is 2.85. The number of aryl methyl sites for hydroxylation is 1. The van der Waals surface area contributed by atoms with E-state index in [9.17, 15) is 0 Å². The topological polar surface area (TPSA) is 77.8 Å². The summed E-state index contributed by atoms with van der Waals surface area (Å²) in [5.74, 6) is 0.891. The molecule has 0 saturated carbocycles. The number of nitrogens with zero attached hydrogens (tertiary/aromatic N) is 5. The van der Waals surface area contributed by atoms with E-state index in [4.69, 9.17) is 4.74 Å². The molecule has 0 bridgehead atoms. The predicted molar refractivity (Wildman–Crippen MR) is 67.3 cm³/mol. The fourth-order valence-electron chi connectivity index (χ4n) is 1.56. The average Bonchev–Trinajstić information content (AvgIpc) is 2.65. The summed E-state index contributed by atoms with van der Waals surface area (Å²) in [6.07, 6.45) is 0. The molecule has 0 aliphatic carbocycles. The number of ether oxygens (including phenoxy) is 1. The zero-order valence-corrected chi connectivity index (χ0v) is 11.1. The molecule has 0 spiro atoms. The van der Waals surface area contributed by atoms with Crippen LogP contribution < -0.4 is 10.1 Å². The van der Waals surface area contributed by atoms with Gasteiger partial charge in [0.1, 0.15) is 0 Å². The third-order valence-electron chi connectivity index (χ3n) is 2.85. The van der Waals surface area contributed by atoms with Crippen LogP contribution in [0.4, 0.5) is 5.95 Å². The van der Waals surface area contributed by atoms with Crippen molar-refractivity contribution in [1.29, 1.82) is 0 Å². The zero-order valence-electron chi connectivity index (χ0n) is 11.1. The number of anilines is 1. The summed E-state index contributed by atoms with van der Waals surface area (Å²) in [7, 11) is 3.26. The van der Waals surface area contributed by atoms with Gasteiger partial charge in [0, 0.05) is 12.7 Å². The first kappa shape index (κ1) is 12.3. The number of nitrogens with one attached hydrogen (secondary N) is 1. The van der Waals surface area contributed by atoms with Crippen molar-refractivity contribution in [3.05, 3.63) is 17.0 Å². The lowest BCUT2D eigenvalue weighted by atomic mass is 10.2. The van der Waals surface area contributed by atoms with Gasteiger partial charge in [0.05, 0.1) is 12.8 Å². The lowest BCUT2D eigenvalue weighted by Crippen LogP contribution is -2.10. The molecular weight excluding hydrogens is 232 g/mol. The van der Waals surface area contributed by atoms with E-state index in [0.717, 1.165) is 17.0 Å². The minimum Gasteiger partial charge on any atom is -0.467 e. The van der Waals surface area contributed by atoms with Crippen LogP contribution in [0.3, 0.4) is 0 Å². The Labute approximate surface area is 105 Å². The van der Waals surface area contributed by atoms with Gasteiger partial charge < -0.3 is 10.1 Å². The van der Waals surface area contributed by atoms with Crippen LogP contribution >= 0.6 is 0 Å². The van der Waals surface area contributed by atoms with E-state index >= 15 is 0 Å². The van der Waals surface area contributed by atoms with E-state index in [1.807, 2.05) is 20.8 Å². The maximum Gasteiger partial charge on any atom is 0.322 e. The highest BCUT2D eigenvalue weighted by atomic mass is 16.5. The first-order valence-electron chi connectivity index (χ1n) is 5.57. The van der Waals surface area contributed by atoms with Crippen molar-refractivity contribution in [2.75, 3.05) is 19.5 Å². The molecule has 0 amide bonds. The van der Waals surface area contributed by atoms with E-state index in [2.05, 4.69) is 25.4 Å². The van der Waals surface area contributed by atoms with Crippen LogP contribution in [0.5, 0.6) is 6.01 Å². The van der Waals surface area contributed by atoms with Crippen molar-refractivity contribution in [2.24, 2.45) is 0 Å². The molecule has 18 heavy (non-hydrogen) atoms. The molecule has 0 fully saturated rings. The Bertz CT molecular complexity index is 555. The summed E-state index contributed by atoms with van der Waals surface area (Å²) in [6.45, 7) is 5.95. The summed E-state index contributed by atoms with van der Waals surface area (Å²) in [4.78, 5) is 12.5. The summed E-state index contributed by atoms with van der Waals surface area (Å²) in [6, 6.07) is 0.259. The smallest absolute Gasteiger partial charge is 0.322 e. The second kappa shape index (κ2) is 4.59. The maximum atomic E-state index is 5.05. The molecule has 7 nitrogen and oxygen atoms in total. The summed E-state index contributed by atoms with van der Waals surface area (Å²) in [5.41, 5.74) is 3.08. The SMILES string of the molecule is CNc1nc(OC)nc(-n2nc(C)c(C)c2C)n1. The zero-order chi connectivity index (χ0) is 13.3. The average molecular weight is 248 g/mol. The highest BCUT2D eigenvalue weighted by Gasteiger charge is 2.13. The first-order valence-corrected chi connectivity index (χ1v) is 5.57. The van der Waals surface area contributed by atoms with Crippen molar-refractivity contribution in [2.45, 2.75) is 20.8 Å². The Balaban J connectivity index is 2.59. The molecule has 0 radical (unpaired) electrons. The first-order chi connectivity index (χ1) is 8.56. The Morgan fingerprint density at radius 3 is 2.33 bits per heavy atom. The van der Waals surface area contributed by atoms with Crippen molar-refractivity contribution >= 4 is 5.95 Å². The number of rotatable bonds is 3. The van der Waals surface area contributed by atoms with Crippen LogP contribution in [0.25, 0.3) is 5.95 Å².